The highest BCUT2D eigenvalue weighted by molar-refractivity contribution is 5.99. The third-order valence-electron chi connectivity index (χ3n) is 5.87. The molecule has 1 aromatic heterocycles. The van der Waals surface area contributed by atoms with Gasteiger partial charge in [-0.3, -0.25) is 14.4 Å². The van der Waals surface area contributed by atoms with Crippen LogP contribution in [0, 0.1) is 17.5 Å². The first-order chi connectivity index (χ1) is 15.2. The van der Waals surface area contributed by atoms with Crippen LogP contribution >= 0.6 is 0 Å². The van der Waals surface area contributed by atoms with Gasteiger partial charge in [-0.1, -0.05) is 0 Å². The molecule has 11 heteroatoms. The number of nitrogens with one attached hydrogen (secondary N) is 1. The van der Waals surface area contributed by atoms with E-state index in [1.807, 2.05) is 0 Å². The lowest BCUT2D eigenvalue weighted by molar-refractivity contribution is 0.0521. The minimum Gasteiger partial charge on any atom is -0.503 e. The van der Waals surface area contributed by atoms with Gasteiger partial charge < -0.3 is 25.0 Å². The highest BCUT2D eigenvalue weighted by Crippen LogP contribution is 2.31. The van der Waals surface area contributed by atoms with Gasteiger partial charge in [-0.2, -0.15) is 0 Å². The van der Waals surface area contributed by atoms with Crippen molar-refractivity contribution in [3.8, 4) is 5.75 Å². The van der Waals surface area contributed by atoms with Crippen molar-refractivity contribution in [2.75, 3.05) is 13.1 Å². The van der Waals surface area contributed by atoms with Gasteiger partial charge in [0.2, 0.25) is 5.43 Å². The molecule has 2 aromatic rings. The molecule has 1 fully saturated rings. The van der Waals surface area contributed by atoms with Crippen LogP contribution in [0.3, 0.4) is 0 Å². The molecule has 32 heavy (non-hydrogen) atoms. The number of hydrogen-bond acceptors (Lipinski definition) is 5. The lowest BCUT2D eigenvalue weighted by Crippen LogP contribution is -2.47. The summed E-state index contributed by atoms with van der Waals surface area (Å²) in [5.41, 5.74) is -2.45. The fourth-order valence-corrected chi connectivity index (χ4v) is 4.12. The molecular formula is C21H20F3N3O5. The first kappa shape index (κ1) is 21.9. The number of aliphatic hydroxyl groups is 1. The Balaban J connectivity index is 1.66. The monoisotopic (exact) mass is 451 g/mol. The van der Waals surface area contributed by atoms with Crippen molar-refractivity contribution >= 4 is 11.8 Å². The Labute approximate surface area is 179 Å². The molecule has 2 amide bonds. The van der Waals surface area contributed by atoms with E-state index in [1.165, 1.54) is 9.47 Å². The standard InChI is InChI=1S/C21H20F3N3O5/c22-10-5-15(23)13(16(24)6-10)7-25-20(31)14-9-27-11-1-2-12(28)3-4-26(8-11)21(32)17(27)19(30)18(14)29/h5-6,9,11-12,28,30H,1-4,7-8H2,(H,25,31)/t11-,12-/m0/s1. The van der Waals surface area contributed by atoms with E-state index in [4.69, 9.17) is 0 Å². The molecule has 8 nitrogen and oxygen atoms in total. The summed E-state index contributed by atoms with van der Waals surface area (Å²) in [6.07, 6.45) is 1.78. The predicted molar refractivity (Wildman–Crippen MR) is 105 cm³/mol. The van der Waals surface area contributed by atoms with Gasteiger partial charge in [0.05, 0.1) is 12.1 Å². The van der Waals surface area contributed by atoms with E-state index in [-0.39, 0.29) is 24.8 Å². The molecule has 170 valence electrons. The minimum absolute atomic E-state index is 0.241. The largest absolute Gasteiger partial charge is 0.503 e. The topological polar surface area (TPSA) is 112 Å². The van der Waals surface area contributed by atoms with E-state index < -0.39 is 64.2 Å². The summed E-state index contributed by atoms with van der Waals surface area (Å²) in [4.78, 5) is 39.4. The summed E-state index contributed by atoms with van der Waals surface area (Å²) in [7, 11) is 0. The van der Waals surface area contributed by atoms with E-state index in [0.29, 0.717) is 31.4 Å². The average Bonchev–Trinajstić information content (AvgIpc) is 2.72. The van der Waals surface area contributed by atoms with Gasteiger partial charge in [0.15, 0.2) is 11.4 Å². The van der Waals surface area contributed by atoms with Crippen molar-refractivity contribution in [3.05, 3.63) is 62.8 Å². The SMILES string of the molecule is O=C(NCc1c(F)cc(F)cc1F)c1cn2c(c(O)c1=O)C(=O)N1CC[C@@H](O)CC[C@H]2C1. The maximum Gasteiger partial charge on any atom is 0.274 e. The second kappa shape index (κ2) is 8.30. The van der Waals surface area contributed by atoms with Crippen molar-refractivity contribution in [1.29, 1.82) is 0 Å². The Hall–Kier alpha value is -3.34. The van der Waals surface area contributed by atoms with Gasteiger partial charge in [-0.25, -0.2) is 13.2 Å². The minimum atomic E-state index is -1.20. The molecule has 1 aromatic carbocycles. The van der Waals surface area contributed by atoms with Gasteiger partial charge in [0, 0.05) is 43.5 Å². The molecule has 0 saturated carbocycles. The van der Waals surface area contributed by atoms with Crippen molar-refractivity contribution in [2.45, 2.75) is 38.0 Å². The second-order valence-corrected chi connectivity index (χ2v) is 7.93. The number of rotatable bonds is 3. The van der Waals surface area contributed by atoms with Crippen LogP contribution in [0.15, 0.2) is 23.1 Å². The Morgan fingerprint density at radius 3 is 2.50 bits per heavy atom. The number of fused-ring (bicyclic) bond motifs is 4. The quantitative estimate of drug-likeness (QED) is 0.654. The van der Waals surface area contributed by atoms with Gasteiger partial charge in [-0.05, 0) is 19.3 Å². The zero-order chi connectivity index (χ0) is 23.2. The molecule has 0 aliphatic carbocycles. The fourth-order valence-electron chi connectivity index (χ4n) is 4.12. The third kappa shape index (κ3) is 3.83. The van der Waals surface area contributed by atoms with Crippen molar-refractivity contribution in [2.24, 2.45) is 0 Å². The maximum absolute atomic E-state index is 13.8. The Bertz CT molecular complexity index is 1140. The van der Waals surface area contributed by atoms with E-state index in [2.05, 4.69) is 5.32 Å². The number of aromatic hydroxyl groups is 1. The molecule has 2 aliphatic heterocycles. The number of pyridine rings is 1. The van der Waals surface area contributed by atoms with Crippen LogP contribution in [-0.4, -0.2) is 50.7 Å². The highest BCUT2D eigenvalue weighted by atomic mass is 19.1. The van der Waals surface area contributed by atoms with Crippen LogP contribution in [0.1, 0.15) is 51.7 Å². The molecule has 3 N–H and O–H groups in total. The zero-order valence-corrected chi connectivity index (χ0v) is 16.8. The van der Waals surface area contributed by atoms with Crippen LogP contribution in [-0.2, 0) is 6.54 Å². The van der Waals surface area contributed by atoms with E-state index in [0.717, 1.165) is 6.20 Å². The zero-order valence-electron chi connectivity index (χ0n) is 16.8. The van der Waals surface area contributed by atoms with Gasteiger partial charge in [0.1, 0.15) is 23.0 Å². The summed E-state index contributed by atoms with van der Waals surface area (Å²) in [6, 6.07) is 0.539. The Morgan fingerprint density at radius 1 is 1.12 bits per heavy atom. The average molecular weight is 451 g/mol. The number of amides is 2. The third-order valence-corrected chi connectivity index (χ3v) is 5.87. The molecule has 3 heterocycles. The Kier molecular flexibility index (Phi) is 5.68. The molecule has 2 atom stereocenters. The molecule has 0 unspecified atom stereocenters. The summed E-state index contributed by atoms with van der Waals surface area (Å²) < 4.78 is 42.0. The summed E-state index contributed by atoms with van der Waals surface area (Å²) in [5, 5.41) is 22.6. The van der Waals surface area contributed by atoms with Crippen LogP contribution in [0.4, 0.5) is 13.2 Å². The molecule has 2 bridgehead atoms. The molecular weight excluding hydrogens is 431 g/mol. The predicted octanol–water partition coefficient (Wildman–Crippen LogP) is 1.44. The number of aliphatic hydroxyl groups excluding tert-OH is 1. The van der Waals surface area contributed by atoms with E-state index in [1.54, 1.807) is 0 Å². The van der Waals surface area contributed by atoms with Crippen LogP contribution < -0.4 is 10.7 Å². The molecule has 4 rings (SSSR count). The number of aromatic nitrogens is 1. The van der Waals surface area contributed by atoms with Gasteiger partial charge in [0.25, 0.3) is 11.8 Å². The summed E-state index contributed by atoms with van der Waals surface area (Å²) >= 11 is 0. The number of carbonyl (C=O) groups is 2. The molecule has 0 radical (unpaired) electrons. The number of carbonyl (C=O) groups excluding carboxylic acids is 2. The lowest BCUT2D eigenvalue weighted by Gasteiger charge is -2.39. The van der Waals surface area contributed by atoms with Crippen LogP contribution in [0.25, 0.3) is 0 Å². The van der Waals surface area contributed by atoms with Gasteiger partial charge in [-0.15, -0.1) is 0 Å². The van der Waals surface area contributed by atoms with E-state index >= 15 is 0 Å². The molecule has 0 spiro atoms. The first-order valence-electron chi connectivity index (χ1n) is 10.0. The van der Waals surface area contributed by atoms with Crippen LogP contribution in [0.2, 0.25) is 0 Å². The van der Waals surface area contributed by atoms with Crippen LogP contribution in [0.5, 0.6) is 5.75 Å². The highest BCUT2D eigenvalue weighted by Gasteiger charge is 2.36. The Morgan fingerprint density at radius 2 is 1.81 bits per heavy atom. The molecule has 1 saturated heterocycles. The molecule has 2 aliphatic rings. The first-order valence-corrected chi connectivity index (χ1v) is 10.0. The maximum atomic E-state index is 13.8. The second-order valence-electron chi connectivity index (χ2n) is 7.93. The summed E-state index contributed by atoms with van der Waals surface area (Å²) in [5.74, 6) is -6.02. The smallest absolute Gasteiger partial charge is 0.274 e. The normalized spacial score (nSPS) is 20.4. The summed E-state index contributed by atoms with van der Waals surface area (Å²) in [6.45, 7) is -0.115. The number of hydrogen-bond donors (Lipinski definition) is 3. The number of benzene rings is 1. The fraction of sp³-hybridized carbons (Fsp3) is 0.381. The number of nitrogens with zero attached hydrogens (tertiary/aromatic N) is 2. The van der Waals surface area contributed by atoms with Crippen molar-refractivity contribution in [1.82, 2.24) is 14.8 Å². The van der Waals surface area contributed by atoms with Crippen molar-refractivity contribution in [3.63, 3.8) is 0 Å². The van der Waals surface area contributed by atoms with Crippen molar-refractivity contribution < 1.29 is 33.0 Å². The lowest BCUT2D eigenvalue weighted by atomic mass is 9.98. The van der Waals surface area contributed by atoms with E-state index in [9.17, 15) is 37.8 Å². The number of halogens is 3. The van der Waals surface area contributed by atoms with Gasteiger partial charge >= 0.3 is 0 Å².